The highest BCUT2D eigenvalue weighted by Gasteiger charge is 2.21. The maximum atomic E-state index is 13.7. The first-order valence-electron chi connectivity index (χ1n) is 9.43. The summed E-state index contributed by atoms with van der Waals surface area (Å²) in [6, 6.07) is 6.46. The zero-order valence-electron chi connectivity index (χ0n) is 16.6. The minimum atomic E-state index is -0.299. The van der Waals surface area contributed by atoms with E-state index in [9.17, 15) is 9.18 Å². The second-order valence-electron chi connectivity index (χ2n) is 7.54. The maximum absolute atomic E-state index is 13.7. The molecule has 7 heteroatoms. The summed E-state index contributed by atoms with van der Waals surface area (Å²) < 4.78 is 13.7. The lowest BCUT2D eigenvalue weighted by molar-refractivity contribution is 0.619. The molecule has 0 saturated heterocycles. The average molecular weight is 391 g/mol. The van der Waals surface area contributed by atoms with Crippen molar-refractivity contribution >= 4 is 17.3 Å². The molecule has 6 nitrogen and oxygen atoms in total. The molecule has 4 rings (SSSR count). The molecule has 1 aliphatic rings. The number of rotatable bonds is 4. The number of halogens is 1. The third kappa shape index (κ3) is 3.51. The number of hydrogen-bond donors (Lipinski definition) is 3. The molecule has 0 aliphatic carbocycles. The predicted octanol–water partition coefficient (Wildman–Crippen LogP) is 4.63. The highest BCUT2D eigenvalue weighted by Crippen LogP contribution is 2.34. The van der Waals surface area contributed by atoms with E-state index in [1.165, 1.54) is 12.4 Å². The fourth-order valence-electron chi connectivity index (χ4n) is 3.48. The Kier molecular flexibility index (Phi) is 4.66. The van der Waals surface area contributed by atoms with E-state index in [4.69, 9.17) is 0 Å². The highest BCUT2D eigenvalue weighted by atomic mass is 19.1. The SMILES string of the molecule is C=C1Cc2c(ncnc2Nc2cc(-c3ccc(F)c(C)c3)c(=O)[nH]c2C(C)C)N1. The van der Waals surface area contributed by atoms with Crippen LogP contribution in [0.25, 0.3) is 11.1 Å². The summed E-state index contributed by atoms with van der Waals surface area (Å²) in [5.74, 6) is 1.18. The Hall–Kier alpha value is -3.48. The van der Waals surface area contributed by atoms with Crippen LogP contribution < -0.4 is 16.2 Å². The zero-order chi connectivity index (χ0) is 20.7. The molecule has 0 fully saturated rings. The quantitative estimate of drug-likeness (QED) is 0.604. The van der Waals surface area contributed by atoms with Gasteiger partial charge < -0.3 is 15.6 Å². The van der Waals surface area contributed by atoms with Gasteiger partial charge >= 0.3 is 0 Å². The molecule has 29 heavy (non-hydrogen) atoms. The van der Waals surface area contributed by atoms with Crippen LogP contribution >= 0.6 is 0 Å². The number of hydrogen-bond acceptors (Lipinski definition) is 5. The maximum Gasteiger partial charge on any atom is 0.256 e. The van der Waals surface area contributed by atoms with Crippen molar-refractivity contribution in [3.63, 3.8) is 0 Å². The summed E-state index contributed by atoms with van der Waals surface area (Å²) in [5.41, 5.74) is 4.70. The molecule has 0 radical (unpaired) electrons. The molecule has 1 aliphatic heterocycles. The van der Waals surface area contributed by atoms with Gasteiger partial charge in [-0.05, 0) is 42.2 Å². The topological polar surface area (TPSA) is 82.7 Å². The number of fused-ring (bicyclic) bond motifs is 1. The van der Waals surface area contributed by atoms with Crippen LogP contribution in [0.2, 0.25) is 0 Å². The van der Waals surface area contributed by atoms with Crippen LogP contribution in [-0.2, 0) is 6.42 Å². The van der Waals surface area contributed by atoms with Crippen LogP contribution in [0.5, 0.6) is 0 Å². The van der Waals surface area contributed by atoms with Crippen LogP contribution in [0.4, 0.5) is 21.7 Å². The van der Waals surface area contributed by atoms with Gasteiger partial charge in [0, 0.05) is 28.9 Å². The van der Waals surface area contributed by atoms with Crippen LogP contribution in [0.1, 0.15) is 36.6 Å². The Labute approximate surface area is 167 Å². The number of aryl methyl sites for hydroxylation is 1. The van der Waals surface area contributed by atoms with Gasteiger partial charge in [-0.2, -0.15) is 0 Å². The van der Waals surface area contributed by atoms with Gasteiger partial charge in [-0.1, -0.05) is 26.5 Å². The fourth-order valence-corrected chi connectivity index (χ4v) is 3.48. The molecular formula is C22H22FN5O. The highest BCUT2D eigenvalue weighted by molar-refractivity contribution is 5.74. The number of anilines is 3. The van der Waals surface area contributed by atoms with Crippen molar-refractivity contribution in [2.24, 2.45) is 0 Å². The van der Waals surface area contributed by atoms with Crippen molar-refractivity contribution in [2.45, 2.75) is 33.1 Å². The number of allylic oxidation sites excluding steroid dienone is 1. The van der Waals surface area contributed by atoms with Gasteiger partial charge in [-0.15, -0.1) is 0 Å². The molecule has 148 valence electrons. The largest absolute Gasteiger partial charge is 0.344 e. The van der Waals surface area contributed by atoms with Crippen molar-refractivity contribution < 1.29 is 4.39 Å². The molecule has 3 aromatic rings. The summed E-state index contributed by atoms with van der Waals surface area (Å²) in [4.78, 5) is 24.4. The van der Waals surface area contributed by atoms with E-state index < -0.39 is 0 Å². The van der Waals surface area contributed by atoms with Gasteiger partial charge in [-0.3, -0.25) is 4.79 Å². The van der Waals surface area contributed by atoms with Gasteiger partial charge in [0.2, 0.25) is 0 Å². The Morgan fingerprint density at radius 1 is 1.24 bits per heavy atom. The first-order chi connectivity index (χ1) is 13.8. The Balaban J connectivity index is 1.83. The zero-order valence-corrected chi connectivity index (χ0v) is 16.6. The summed E-state index contributed by atoms with van der Waals surface area (Å²) in [6.07, 6.45) is 2.11. The monoisotopic (exact) mass is 391 g/mol. The van der Waals surface area contributed by atoms with Crippen molar-refractivity contribution in [3.8, 4) is 11.1 Å². The van der Waals surface area contributed by atoms with E-state index in [1.807, 2.05) is 13.8 Å². The number of pyridine rings is 1. The van der Waals surface area contributed by atoms with E-state index in [1.54, 1.807) is 25.1 Å². The lowest BCUT2D eigenvalue weighted by Crippen LogP contribution is -2.15. The van der Waals surface area contributed by atoms with Gasteiger partial charge in [0.1, 0.15) is 23.8 Å². The van der Waals surface area contributed by atoms with Crippen molar-refractivity contribution in [2.75, 3.05) is 10.6 Å². The van der Waals surface area contributed by atoms with E-state index in [0.29, 0.717) is 28.9 Å². The first-order valence-corrected chi connectivity index (χ1v) is 9.43. The van der Waals surface area contributed by atoms with E-state index in [2.05, 4.69) is 32.2 Å². The average Bonchev–Trinajstić information content (AvgIpc) is 3.06. The van der Waals surface area contributed by atoms with Crippen molar-refractivity contribution in [1.82, 2.24) is 15.0 Å². The summed E-state index contributed by atoms with van der Waals surface area (Å²) in [5, 5.41) is 6.50. The minimum Gasteiger partial charge on any atom is -0.344 e. The van der Waals surface area contributed by atoms with Crippen LogP contribution in [0.15, 0.2) is 47.7 Å². The summed E-state index contributed by atoms with van der Waals surface area (Å²) in [6.45, 7) is 9.65. The van der Waals surface area contributed by atoms with Gasteiger partial charge in [0.25, 0.3) is 5.56 Å². The smallest absolute Gasteiger partial charge is 0.256 e. The number of aromatic amines is 1. The molecule has 1 aromatic carbocycles. The van der Waals surface area contributed by atoms with Crippen molar-refractivity contribution in [3.05, 3.63) is 75.9 Å². The predicted molar refractivity (Wildman–Crippen MR) is 113 cm³/mol. The normalized spacial score (nSPS) is 12.8. The molecule has 0 amide bonds. The van der Waals surface area contributed by atoms with Crippen molar-refractivity contribution in [1.29, 1.82) is 0 Å². The summed E-state index contributed by atoms with van der Waals surface area (Å²) >= 11 is 0. The Bertz CT molecular complexity index is 1180. The van der Waals surface area contributed by atoms with Crippen LogP contribution in [0, 0.1) is 12.7 Å². The lowest BCUT2D eigenvalue weighted by atomic mass is 10.0. The molecule has 0 saturated carbocycles. The Morgan fingerprint density at radius 2 is 2.03 bits per heavy atom. The number of benzene rings is 1. The number of nitrogens with zero attached hydrogens (tertiary/aromatic N) is 2. The molecule has 0 spiro atoms. The minimum absolute atomic E-state index is 0.0807. The first kappa shape index (κ1) is 18.9. The van der Waals surface area contributed by atoms with E-state index in [0.717, 1.165) is 28.5 Å². The van der Waals surface area contributed by atoms with E-state index in [-0.39, 0.29) is 17.3 Å². The van der Waals surface area contributed by atoms with Crippen LogP contribution in [-0.4, -0.2) is 15.0 Å². The number of H-pyrrole nitrogens is 1. The molecular weight excluding hydrogens is 369 g/mol. The second kappa shape index (κ2) is 7.16. The second-order valence-corrected chi connectivity index (χ2v) is 7.54. The van der Waals surface area contributed by atoms with E-state index >= 15 is 0 Å². The molecule has 2 aromatic heterocycles. The third-order valence-corrected chi connectivity index (χ3v) is 5.00. The number of nitrogens with one attached hydrogen (secondary N) is 3. The Morgan fingerprint density at radius 3 is 2.76 bits per heavy atom. The number of aromatic nitrogens is 3. The molecule has 3 N–H and O–H groups in total. The third-order valence-electron chi connectivity index (χ3n) is 5.00. The molecule has 0 atom stereocenters. The summed E-state index contributed by atoms with van der Waals surface area (Å²) in [7, 11) is 0. The molecule has 0 unspecified atom stereocenters. The standard InChI is InChI=1S/C22H22FN5O/c1-11(2)19-18(27-21-16-8-13(4)26-20(16)24-10-25-21)9-15(22(29)28-19)14-5-6-17(23)12(3)7-14/h5-7,9-11H,4,8H2,1-3H3,(H,28,29)(H2,24,25,26,27). The van der Waals surface area contributed by atoms with Gasteiger partial charge in [0.15, 0.2) is 0 Å². The van der Waals surface area contributed by atoms with Crippen LogP contribution in [0.3, 0.4) is 0 Å². The molecule has 0 bridgehead atoms. The van der Waals surface area contributed by atoms with Gasteiger partial charge in [-0.25, -0.2) is 14.4 Å². The fraction of sp³-hybridized carbons (Fsp3) is 0.227. The van der Waals surface area contributed by atoms with Gasteiger partial charge in [0.05, 0.1) is 5.69 Å². The molecule has 3 heterocycles. The lowest BCUT2D eigenvalue weighted by Gasteiger charge is -2.17.